The molecule has 0 saturated heterocycles. The standard InChI is InChI=1S/C16H16F3N3O3/c1-24-13-6-2-11(3-7-13)10-20-15(23)22-21-12-4-8-14(9-5-12)25-16(17,18)19/h2-9,21H,10H2,1H3,(H2,20,22,23). The number of carbonyl (C=O) groups excluding carboxylic acids is 1. The number of halogens is 3. The lowest BCUT2D eigenvalue weighted by molar-refractivity contribution is -0.274. The van der Waals surface area contributed by atoms with Gasteiger partial charge in [0.1, 0.15) is 11.5 Å². The first-order valence-corrected chi connectivity index (χ1v) is 7.14. The lowest BCUT2D eigenvalue weighted by Gasteiger charge is -2.12. The van der Waals surface area contributed by atoms with Crippen molar-refractivity contribution in [2.75, 3.05) is 12.5 Å². The number of hydrazine groups is 1. The van der Waals surface area contributed by atoms with E-state index in [1.165, 1.54) is 12.1 Å². The Morgan fingerprint density at radius 2 is 1.60 bits per heavy atom. The smallest absolute Gasteiger partial charge is 0.497 e. The molecule has 0 bridgehead atoms. The molecular formula is C16H16F3N3O3. The van der Waals surface area contributed by atoms with Crippen LogP contribution in [-0.2, 0) is 6.54 Å². The van der Waals surface area contributed by atoms with Gasteiger partial charge in [-0.15, -0.1) is 13.2 Å². The van der Waals surface area contributed by atoms with Gasteiger partial charge in [-0.25, -0.2) is 4.79 Å². The van der Waals surface area contributed by atoms with Gasteiger partial charge in [0.05, 0.1) is 12.8 Å². The number of ether oxygens (including phenoxy) is 2. The van der Waals surface area contributed by atoms with Gasteiger partial charge < -0.3 is 14.8 Å². The van der Waals surface area contributed by atoms with E-state index in [4.69, 9.17) is 4.74 Å². The minimum atomic E-state index is -4.74. The van der Waals surface area contributed by atoms with Crippen molar-refractivity contribution >= 4 is 11.7 Å². The van der Waals surface area contributed by atoms with E-state index in [-0.39, 0.29) is 5.75 Å². The number of benzene rings is 2. The minimum absolute atomic E-state index is 0.301. The fourth-order valence-electron chi connectivity index (χ4n) is 1.84. The number of anilines is 1. The second kappa shape index (κ2) is 8.13. The zero-order valence-electron chi connectivity index (χ0n) is 13.2. The van der Waals surface area contributed by atoms with Crippen LogP contribution in [0.5, 0.6) is 11.5 Å². The minimum Gasteiger partial charge on any atom is -0.497 e. The van der Waals surface area contributed by atoms with E-state index in [1.807, 2.05) is 12.1 Å². The zero-order valence-corrected chi connectivity index (χ0v) is 13.2. The van der Waals surface area contributed by atoms with E-state index in [9.17, 15) is 18.0 Å². The summed E-state index contributed by atoms with van der Waals surface area (Å²) in [6, 6.07) is 11.6. The number of nitrogens with one attached hydrogen (secondary N) is 3. The molecule has 2 aromatic rings. The number of hydrogen-bond acceptors (Lipinski definition) is 4. The van der Waals surface area contributed by atoms with Crippen LogP contribution in [-0.4, -0.2) is 19.5 Å². The van der Waals surface area contributed by atoms with Crippen molar-refractivity contribution in [1.29, 1.82) is 0 Å². The molecule has 0 aliphatic heterocycles. The summed E-state index contributed by atoms with van der Waals surface area (Å²) in [7, 11) is 1.56. The van der Waals surface area contributed by atoms with Gasteiger partial charge in [-0.3, -0.25) is 10.9 Å². The summed E-state index contributed by atoms with van der Waals surface area (Å²) in [4.78, 5) is 11.7. The Morgan fingerprint density at radius 1 is 1.00 bits per heavy atom. The molecule has 0 aliphatic carbocycles. The normalized spacial score (nSPS) is 10.7. The number of carbonyl (C=O) groups is 1. The number of alkyl halides is 3. The first kappa shape index (κ1) is 18.2. The summed E-state index contributed by atoms with van der Waals surface area (Å²) in [5.74, 6) is 0.370. The third-order valence-electron chi connectivity index (χ3n) is 3.02. The molecule has 134 valence electrons. The Morgan fingerprint density at radius 3 is 2.16 bits per heavy atom. The van der Waals surface area contributed by atoms with Gasteiger partial charge >= 0.3 is 12.4 Å². The lowest BCUT2D eigenvalue weighted by atomic mass is 10.2. The highest BCUT2D eigenvalue weighted by Gasteiger charge is 2.30. The summed E-state index contributed by atoms with van der Waals surface area (Å²) in [6.07, 6.45) is -4.74. The van der Waals surface area contributed by atoms with Crippen molar-refractivity contribution in [2.45, 2.75) is 12.9 Å². The largest absolute Gasteiger partial charge is 0.573 e. The maximum Gasteiger partial charge on any atom is 0.573 e. The molecule has 0 aromatic heterocycles. The molecule has 0 heterocycles. The van der Waals surface area contributed by atoms with Crippen LogP contribution in [0.2, 0.25) is 0 Å². The Hall–Kier alpha value is -3.10. The van der Waals surface area contributed by atoms with Gasteiger partial charge in [0.2, 0.25) is 0 Å². The summed E-state index contributed by atoms with van der Waals surface area (Å²) >= 11 is 0. The SMILES string of the molecule is COc1ccc(CNC(=O)NNc2ccc(OC(F)(F)F)cc2)cc1. The lowest BCUT2D eigenvalue weighted by Crippen LogP contribution is -2.38. The fourth-order valence-corrected chi connectivity index (χ4v) is 1.84. The highest BCUT2D eigenvalue weighted by atomic mass is 19.4. The fraction of sp³-hybridized carbons (Fsp3) is 0.188. The van der Waals surface area contributed by atoms with Crippen molar-refractivity contribution in [1.82, 2.24) is 10.7 Å². The van der Waals surface area contributed by atoms with E-state index < -0.39 is 12.4 Å². The number of methoxy groups -OCH3 is 1. The maximum absolute atomic E-state index is 12.1. The summed E-state index contributed by atoms with van der Waals surface area (Å²) < 4.78 is 44.9. The van der Waals surface area contributed by atoms with Crippen LogP contribution in [0.15, 0.2) is 48.5 Å². The van der Waals surface area contributed by atoms with Crippen LogP contribution >= 0.6 is 0 Å². The zero-order chi connectivity index (χ0) is 18.3. The molecule has 9 heteroatoms. The topological polar surface area (TPSA) is 71.6 Å². The summed E-state index contributed by atoms with van der Waals surface area (Å²) in [5, 5.41) is 2.62. The average molecular weight is 355 g/mol. The van der Waals surface area contributed by atoms with Gasteiger partial charge in [0.25, 0.3) is 0 Å². The van der Waals surface area contributed by atoms with E-state index in [1.54, 1.807) is 19.2 Å². The molecule has 3 N–H and O–H groups in total. The molecule has 2 rings (SSSR count). The van der Waals surface area contributed by atoms with Gasteiger partial charge in [-0.2, -0.15) is 0 Å². The Balaban J connectivity index is 1.75. The van der Waals surface area contributed by atoms with Crippen LogP contribution in [0.3, 0.4) is 0 Å². The second-order valence-electron chi connectivity index (χ2n) is 4.85. The molecule has 0 atom stereocenters. The van der Waals surface area contributed by atoms with E-state index in [2.05, 4.69) is 20.9 Å². The second-order valence-corrected chi connectivity index (χ2v) is 4.85. The molecule has 2 amide bonds. The van der Waals surface area contributed by atoms with Gasteiger partial charge in [0.15, 0.2) is 0 Å². The van der Waals surface area contributed by atoms with Crippen molar-refractivity contribution in [3.05, 3.63) is 54.1 Å². The molecule has 2 aromatic carbocycles. The van der Waals surface area contributed by atoms with Crippen molar-refractivity contribution in [2.24, 2.45) is 0 Å². The highest BCUT2D eigenvalue weighted by Crippen LogP contribution is 2.23. The monoisotopic (exact) mass is 355 g/mol. The van der Waals surface area contributed by atoms with Crippen molar-refractivity contribution < 1.29 is 27.4 Å². The van der Waals surface area contributed by atoms with Crippen LogP contribution in [0.1, 0.15) is 5.56 Å². The Labute approximate surface area is 141 Å². The van der Waals surface area contributed by atoms with E-state index in [0.29, 0.717) is 18.0 Å². The van der Waals surface area contributed by atoms with Crippen LogP contribution in [0.25, 0.3) is 0 Å². The number of amides is 2. The first-order chi connectivity index (χ1) is 11.9. The van der Waals surface area contributed by atoms with Crippen LogP contribution in [0, 0.1) is 0 Å². The molecule has 25 heavy (non-hydrogen) atoms. The molecule has 6 nitrogen and oxygen atoms in total. The molecule has 0 spiro atoms. The van der Waals surface area contributed by atoms with E-state index in [0.717, 1.165) is 17.7 Å². The van der Waals surface area contributed by atoms with Crippen LogP contribution < -0.4 is 25.6 Å². The molecule has 0 fully saturated rings. The van der Waals surface area contributed by atoms with E-state index >= 15 is 0 Å². The number of rotatable bonds is 6. The molecular weight excluding hydrogens is 339 g/mol. The molecule has 0 aliphatic rings. The number of hydrogen-bond donors (Lipinski definition) is 3. The van der Waals surface area contributed by atoms with Gasteiger partial charge in [0, 0.05) is 6.54 Å². The van der Waals surface area contributed by atoms with Crippen LogP contribution in [0.4, 0.5) is 23.7 Å². The highest BCUT2D eigenvalue weighted by molar-refractivity contribution is 5.75. The molecule has 0 unspecified atom stereocenters. The quantitative estimate of drug-likeness (QED) is 0.695. The predicted molar refractivity (Wildman–Crippen MR) is 85.1 cm³/mol. The number of urea groups is 1. The average Bonchev–Trinajstić information content (AvgIpc) is 2.58. The Bertz CT molecular complexity index is 689. The Kier molecular flexibility index (Phi) is 5.93. The van der Waals surface area contributed by atoms with Gasteiger partial charge in [-0.1, -0.05) is 12.1 Å². The van der Waals surface area contributed by atoms with Crippen molar-refractivity contribution in [3.63, 3.8) is 0 Å². The van der Waals surface area contributed by atoms with Gasteiger partial charge in [-0.05, 0) is 42.0 Å². The predicted octanol–water partition coefficient (Wildman–Crippen LogP) is 3.42. The maximum atomic E-state index is 12.1. The van der Waals surface area contributed by atoms with Crippen molar-refractivity contribution in [3.8, 4) is 11.5 Å². The third-order valence-corrected chi connectivity index (χ3v) is 3.02. The first-order valence-electron chi connectivity index (χ1n) is 7.14. The molecule has 0 radical (unpaired) electrons. The molecule has 0 saturated carbocycles. The summed E-state index contributed by atoms with van der Waals surface area (Å²) in [6.45, 7) is 0.301. The summed E-state index contributed by atoms with van der Waals surface area (Å²) in [5.41, 5.74) is 6.22. The third kappa shape index (κ3) is 6.50.